The third-order valence-electron chi connectivity index (χ3n) is 5.94. The quantitative estimate of drug-likeness (QED) is 0.436. The lowest BCUT2D eigenvalue weighted by molar-refractivity contribution is -0.147. The van der Waals surface area contributed by atoms with Gasteiger partial charge in [0.05, 0.1) is 48.2 Å². The van der Waals surface area contributed by atoms with E-state index in [1.54, 1.807) is 0 Å². The number of hydrogen-bond acceptors (Lipinski definition) is 8. The van der Waals surface area contributed by atoms with E-state index in [0.29, 0.717) is 21.6 Å². The molecule has 2 aromatic heterocycles. The van der Waals surface area contributed by atoms with E-state index in [-0.39, 0.29) is 54.1 Å². The smallest absolute Gasteiger partial charge is 0.394 e. The highest BCUT2D eigenvalue weighted by molar-refractivity contribution is 7.17. The van der Waals surface area contributed by atoms with Crippen molar-refractivity contribution in [1.29, 1.82) is 0 Å². The second kappa shape index (κ2) is 6.97. The Hall–Kier alpha value is -3.09. The lowest BCUT2D eigenvalue weighted by Crippen LogP contribution is -2.27. The third-order valence-corrected chi connectivity index (χ3v) is 7.06. The highest BCUT2D eigenvalue weighted by Gasteiger charge is 2.45. The Kier molecular flexibility index (Phi) is 4.46. The first-order chi connectivity index (χ1) is 14.8. The van der Waals surface area contributed by atoms with Gasteiger partial charge in [-0.1, -0.05) is 0 Å². The molecule has 5 N–H and O–H groups in total. The van der Waals surface area contributed by atoms with Crippen LogP contribution in [0.25, 0.3) is 0 Å². The summed E-state index contributed by atoms with van der Waals surface area (Å²) in [5.41, 5.74) is 1.48. The van der Waals surface area contributed by atoms with Crippen molar-refractivity contribution in [3.8, 4) is 11.8 Å². The molecular weight excluding hydrogens is 432 g/mol. The van der Waals surface area contributed by atoms with E-state index in [4.69, 9.17) is 14.6 Å². The van der Waals surface area contributed by atoms with Gasteiger partial charge in [0.2, 0.25) is 0 Å². The third kappa shape index (κ3) is 2.98. The van der Waals surface area contributed by atoms with Gasteiger partial charge in [0.25, 0.3) is 0 Å². The average Bonchev–Trinajstić information content (AvgIpc) is 3.46. The minimum absolute atomic E-state index is 0.0603. The summed E-state index contributed by atoms with van der Waals surface area (Å²) in [4.78, 5) is 34.7. The van der Waals surface area contributed by atoms with Crippen LogP contribution in [0.4, 0.5) is 5.00 Å². The molecule has 3 unspecified atom stereocenters. The number of aromatic nitrogens is 1. The topological polar surface area (TPSA) is 168 Å². The predicted octanol–water partition coefficient (Wildman–Crippen LogP) is 1.73. The van der Waals surface area contributed by atoms with Crippen LogP contribution in [0.5, 0.6) is 11.8 Å². The van der Waals surface area contributed by atoms with Gasteiger partial charge in [0, 0.05) is 11.3 Å². The Morgan fingerprint density at radius 3 is 2.32 bits per heavy atom. The SMILES string of the molecule is O=C(O)C(=O)Nc1sc2c(c1C(=O)O)CC(Cn1c(O)c3c(c1O)C1CCC3O1)OC2. The molecule has 31 heavy (non-hydrogen) atoms. The van der Waals surface area contributed by atoms with Crippen molar-refractivity contribution in [1.82, 2.24) is 4.57 Å². The van der Waals surface area contributed by atoms with Crippen molar-refractivity contribution in [2.24, 2.45) is 0 Å². The molecule has 0 aliphatic carbocycles. The largest absolute Gasteiger partial charge is 0.494 e. The molecule has 2 bridgehead atoms. The van der Waals surface area contributed by atoms with Crippen LogP contribution in [-0.2, 0) is 38.6 Å². The number of ether oxygens (including phenoxy) is 2. The first-order valence-electron chi connectivity index (χ1n) is 9.59. The summed E-state index contributed by atoms with van der Waals surface area (Å²) < 4.78 is 12.9. The Morgan fingerprint density at radius 1 is 1.10 bits per heavy atom. The molecule has 1 amide bonds. The van der Waals surface area contributed by atoms with E-state index < -0.39 is 23.9 Å². The number of hydrogen-bond donors (Lipinski definition) is 5. The number of anilines is 1. The van der Waals surface area contributed by atoms with E-state index in [1.165, 1.54) is 4.57 Å². The molecule has 0 aromatic carbocycles. The van der Waals surface area contributed by atoms with Crippen molar-refractivity contribution in [3.05, 3.63) is 27.1 Å². The molecule has 3 aliphatic rings. The van der Waals surface area contributed by atoms with Gasteiger partial charge in [-0.05, 0) is 18.4 Å². The zero-order valence-corrected chi connectivity index (χ0v) is 16.8. The van der Waals surface area contributed by atoms with Crippen LogP contribution in [-0.4, -0.2) is 48.9 Å². The second-order valence-corrected chi connectivity index (χ2v) is 8.79. The number of carboxylic acids is 2. The first-order valence-corrected chi connectivity index (χ1v) is 10.4. The van der Waals surface area contributed by atoms with E-state index in [1.807, 2.05) is 0 Å². The molecule has 1 fully saturated rings. The van der Waals surface area contributed by atoms with Crippen LogP contribution in [0.3, 0.4) is 0 Å². The summed E-state index contributed by atoms with van der Waals surface area (Å²) in [6, 6.07) is 0. The maximum Gasteiger partial charge on any atom is 0.394 e. The summed E-state index contributed by atoms with van der Waals surface area (Å²) in [5.74, 6) is -4.49. The zero-order chi connectivity index (χ0) is 22.0. The summed E-state index contributed by atoms with van der Waals surface area (Å²) >= 11 is 0.956. The maximum atomic E-state index is 11.8. The highest BCUT2D eigenvalue weighted by Crippen LogP contribution is 2.58. The number of carbonyl (C=O) groups excluding carboxylic acids is 1. The number of rotatable bonds is 4. The molecule has 2 aromatic rings. The molecule has 11 nitrogen and oxygen atoms in total. The fourth-order valence-electron chi connectivity index (χ4n) is 4.62. The highest BCUT2D eigenvalue weighted by atomic mass is 32.1. The molecule has 5 rings (SSSR count). The number of carboxylic acid groups (broad SMARTS) is 2. The maximum absolute atomic E-state index is 11.8. The number of nitrogens with zero attached hydrogens (tertiary/aromatic N) is 1. The minimum Gasteiger partial charge on any atom is -0.494 e. The number of aromatic hydroxyl groups is 2. The first kappa shape index (κ1) is 19.8. The Bertz CT molecular complexity index is 1100. The molecule has 0 spiro atoms. The molecular formula is C19H18N2O9S. The number of amides is 1. The molecule has 164 valence electrons. The second-order valence-electron chi connectivity index (χ2n) is 7.69. The summed E-state index contributed by atoms with van der Waals surface area (Å²) in [7, 11) is 0. The molecule has 1 saturated heterocycles. The van der Waals surface area contributed by atoms with E-state index in [9.17, 15) is 29.7 Å². The van der Waals surface area contributed by atoms with Gasteiger partial charge in [-0.15, -0.1) is 11.3 Å². The number of aromatic carboxylic acids is 1. The van der Waals surface area contributed by atoms with E-state index in [0.717, 1.165) is 24.2 Å². The van der Waals surface area contributed by atoms with Gasteiger partial charge in [-0.3, -0.25) is 9.36 Å². The van der Waals surface area contributed by atoms with Crippen LogP contribution < -0.4 is 5.32 Å². The van der Waals surface area contributed by atoms with E-state index >= 15 is 0 Å². The zero-order valence-electron chi connectivity index (χ0n) is 16.0. The molecule has 5 heterocycles. The standard InChI is InChI=1S/C19H18N2O9S/c22-14(19(27)28)20-15-11(18(25)26)7-3-6(29-5-10(7)31-15)4-21-16(23)12-8-1-2-9(30-8)13(12)17(21)24/h6,8-9,23-24H,1-5H2,(H,20,22)(H,25,26)(H,27,28). The molecule has 0 radical (unpaired) electrons. The number of thiophene rings is 1. The van der Waals surface area contributed by atoms with Crippen LogP contribution in [0.1, 0.15) is 57.0 Å². The van der Waals surface area contributed by atoms with Gasteiger partial charge in [-0.2, -0.15) is 0 Å². The molecule has 3 aliphatic heterocycles. The van der Waals surface area contributed by atoms with Crippen LogP contribution in [0, 0.1) is 0 Å². The Morgan fingerprint density at radius 2 is 1.74 bits per heavy atom. The van der Waals surface area contributed by atoms with Crippen LogP contribution in [0.2, 0.25) is 0 Å². The lowest BCUT2D eigenvalue weighted by atomic mass is 9.95. The summed E-state index contributed by atoms with van der Waals surface area (Å²) in [5, 5.41) is 41.8. The fraction of sp³-hybridized carbons (Fsp3) is 0.421. The van der Waals surface area contributed by atoms with Crippen molar-refractivity contribution < 1.29 is 44.3 Å². The van der Waals surface area contributed by atoms with Crippen molar-refractivity contribution in [3.63, 3.8) is 0 Å². The molecule has 0 saturated carbocycles. The molecule has 12 heteroatoms. The Balaban J connectivity index is 1.42. The summed E-state index contributed by atoms with van der Waals surface area (Å²) in [6.45, 7) is 0.153. The lowest BCUT2D eigenvalue weighted by Gasteiger charge is -2.24. The average molecular weight is 450 g/mol. The number of carbonyl (C=O) groups is 3. The van der Waals surface area contributed by atoms with Gasteiger partial charge >= 0.3 is 17.8 Å². The van der Waals surface area contributed by atoms with Gasteiger partial charge in [0.15, 0.2) is 11.8 Å². The molecule has 3 atom stereocenters. The van der Waals surface area contributed by atoms with Crippen molar-refractivity contribution in [2.75, 3.05) is 5.32 Å². The number of nitrogens with one attached hydrogen (secondary N) is 1. The number of fused-ring (bicyclic) bond motifs is 6. The normalized spacial score (nSPS) is 23.4. The van der Waals surface area contributed by atoms with Crippen LogP contribution in [0.15, 0.2) is 0 Å². The van der Waals surface area contributed by atoms with Crippen molar-refractivity contribution >= 4 is 34.2 Å². The van der Waals surface area contributed by atoms with Gasteiger partial charge in [-0.25, -0.2) is 9.59 Å². The number of aliphatic carboxylic acids is 1. The summed E-state index contributed by atoms with van der Waals surface area (Å²) in [6.07, 6.45) is 0.691. The predicted molar refractivity (Wildman–Crippen MR) is 103 cm³/mol. The van der Waals surface area contributed by atoms with Crippen LogP contribution >= 0.6 is 11.3 Å². The fourth-order valence-corrected chi connectivity index (χ4v) is 5.76. The Labute approximate surface area is 178 Å². The van der Waals surface area contributed by atoms with E-state index in [2.05, 4.69) is 5.32 Å². The van der Waals surface area contributed by atoms with Gasteiger partial charge in [0.1, 0.15) is 5.00 Å². The minimum atomic E-state index is -1.72. The van der Waals surface area contributed by atoms with Crippen molar-refractivity contribution in [2.45, 2.75) is 50.7 Å². The monoisotopic (exact) mass is 450 g/mol. The van der Waals surface area contributed by atoms with Gasteiger partial charge < -0.3 is 35.2 Å².